The highest BCUT2D eigenvalue weighted by Crippen LogP contribution is 2.36. The van der Waals surface area contributed by atoms with E-state index in [-0.39, 0.29) is 5.56 Å². The monoisotopic (exact) mass is 410 g/mol. The van der Waals surface area contributed by atoms with E-state index < -0.39 is 11.8 Å². The number of benzene rings is 1. The van der Waals surface area contributed by atoms with E-state index in [0.717, 1.165) is 30.5 Å². The molecule has 0 saturated carbocycles. The third-order valence-electron chi connectivity index (χ3n) is 4.15. The van der Waals surface area contributed by atoms with Gasteiger partial charge in [-0.3, -0.25) is 4.79 Å². The number of rotatable bonds is 8. The van der Waals surface area contributed by atoms with E-state index in [4.69, 9.17) is 0 Å². The Kier molecular flexibility index (Phi) is 7.68. The molecule has 146 valence electrons. The summed E-state index contributed by atoms with van der Waals surface area (Å²) in [7, 11) is 0. The van der Waals surface area contributed by atoms with Gasteiger partial charge in [-0.05, 0) is 43.9 Å². The molecule has 0 fully saturated rings. The van der Waals surface area contributed by atoms with Crippen LogP contribution in [-0.2, 0) is 17.1 Å². The lowest BCUT2D eigenvalue weighted by Crippen LogP contribution is -2.32. The molecule has 7 heteroatoms. The highest BCUT2D eigenvalue weighted by atomic mass is 32.2. The van der Waals surface area contributed by atoms with Gasteiger partial charge in [0, 0.05) is 16.2 Å². The van der Waals surface area contributed by atoms with Gasteiger partial charge in [-0.25, -0.2) is 4.98 Å². The molecule has 1 heterocycles. The number of hydrogen-bond donors (Lipinski definition) is 1. The molecule has 0 radical (unpaired) electrons. The van der Waals surface area contributed by atoms with Crippen molar-refractivity contribution in [3.8, 4) is 0 Å². The Morgan fingerprint density at radius 1 is 1.19 bits per heavy atom. The smallest absolute Gasteiger partial charge is 0.317 e. The van der Waals surface area contributed by atoms with Crippen molar-refractivity contribution < 1.29 is 13.6 Å². The van der Waals surface area contributed by atoms with Crippen molar-refractivity contribution in [3.63, 3.8) is 0 Å². The first-order valence-corrected chi connectivity index (χ1v) is 11.2. The highest BCUT2D eigenvalue weighted by Gasteiger charge is 2.41. The van der Waals surface area contributed by atoms with Gasteiger partial charge in [-0.15, -0.1) is 23.5 Å². The van der Waals surface area contributed by atoms with Gasteiger partial charge in [-0.1, -0.05) is 37.6 Å². The average molecular weight is 411 g/mol. The van der Waals surface area contributed by atoms with Crippen molar-refractivity contribution in [1.29, 1.82) is 0 Å². The molecule has 0 spiro atoms. The van der Waals surface area contributed by atoms with Crippen LogP contribution < -0.4 is 5.32 Å². The fourth-order valence-corrected chi connectivity index (χ4v) is 3.93. The predicted octanol–water partition coefficient (Wildman–Crippen LogP) is 5.91. The lowest BCUT2D eigenvalue weighted by atomic mass is 10.0. The number of nitrogens with one attached hydrogen (secondary N) is 1. The standard InChI is InChI=1S/C20H24F2N2OS2/c1-5-6-7-14-8-10-15(11-9-14)20(21,22)19(25)24-17-16(26-3)12-13(2)23-18(17)27-4/h8-12H,5-7H2,1-4H3,(H,24,25). The Balaban J connectivity index is 2.26. The maximum atomic E-state index is 14.7. The fraction of sp³-hybridized carbons (Fsp3) is 0.400. The van der Waals surface area contributed by atoms with Crippen molar-refractivity contribution >= 4 is 35.1 Å². The summed E-state index contributed by atoms with van der Waals surface area (Å²) in [6.45, 7) is 3.91. The molecule has 0 aliphatic carbocycles. The molecule has 0 atom stereocenters. The lowest BCUT2D eigenvalue weighted by molar-refractivity contribution is -0.141. The largest absolute Gasteiger partial charge is 0.350 e. The predicted molar refractivity (Wildman–Crippen MR) is 110 cm³/mol. The van der Waals surface area contributed by atoms with Gasteiger partial charge < -0.3 is 5.32 Å². The summed E-state index contributed by atoms with van der Waals surface area (Å²) in [5, 5.41) is 2.93. The molecular weight excluding hydrogens is 386 g/mol. The topological polar surface area (TPSA) is 42.0 Å². The minimum absolute atomic E-state index is 0.309. The van der Waals surface area contributed by atoms with Crippen LogP contribution in [-0.4, -0.2) is 23.4 Å². The summed E-state index contributed by atoms with van der Waals surface area (Å²) in [5.41, 5.74) is 1.80. The second kappa shape index (κ2) is 9.55. The van der Waals surface area contributed by atoms with E-state index in [1.807, 2.05) is 13.2 Å². The fourth-order valence-electron chi connectivity index (χ4n) is 2.62. The van der Waals surface area contributed by atoms with Gasteiger partial charge >= 0.3 is 5.92 Å². The van der Waals surface area contributed by atoms with E-state index >= 15 is 0 Å². The number of halogens is 2. The molecule has 1 amide bonds. The number of carbonyl (C=O) groups is 1. The van der Waals surface area contributed by atoms with Crippen LogP contribution >= 0.6 is 23.5 Å². The van der Waals surface area contributed by atoms with Gasteiger partial charge in [0.05, 0.1) is 5.69 Å². The maximum absolute atomic E-state index is 14.7. The van der Waals surface area contributed by atoms with E-state index in [1.165, 1.54) is 35.7 Å². The number of aromatic nitrogens is 1. The van der Waals surface area contributed by atoms with Gasteiger partial charge in [0.15, 0.2) is 0 Å². The minimum atomic E-state index is -3.63. The third kappa shape index (κ3) is 5.23. The van der Waals surface area contributed by atoms with Gasteiger partial charge in [0.1, 0.15) is 5.03 Å². The number of hydrogen-bond acceptors (Lipinski definition) is 4. The summed E-state index contributed by atoms with van der Waals surface area (Å²) in [6.07, 6.45) is 6.53. The molecule has 2 rings (SSSR count). The molecule has 0 aliphatic heterocycles. The number of nitrogens with zero attached hydrogens (tertiary/aromatic N) is 1. The number of aryl methyl sites for hydroxylation is 2. The van der Waals surface area contributed by atoms with Gasteiger partial charge in [-0.2, -0.15) is 8.78 Å². The zero-order valence-corrected chi connectivity index (χ0v) is 17.6. The quantitative estimate of drug-likeness (QED) is 0.550. The molecule has 1 aromatic heterocycles. The summed E-state index contributed by atoms with van der Waals surface area (Å²) >= 11 is 2.70. The van der Waals surface area contributed by atoms with E-state index in [9.17, 15) is 13.6 Å². The first-order valence-electron chi connectivity index (χ1n) is 8.71. The summed E-state index contributed by atoms with van der Waals surface area (Å²) < 4.78 is 29.4. The van der Waals surface area contributed by atoms with Crippen LogP contribution in [0.15, 0.2) is 40.3 Å². The molecule has 27 heavy (non-hydrogen) atoms. The van der Waals surface area contributed by atoms with Crippen molar-refractivity contribution in [2.75, 3.05) is 17.8 Å². The number of carbonyl (C=O) groups excluding carboxylic acids is 1. The number of unbranched alkanes of at least 4 members (excludes halogenated alkanes) is 1. The number of anilines is 1. The number of amides is 1. The zero-order chi connectivity index (χ0) is 20.0. The zero-order valence-electron chi connectivity index (χ0n) is 15.9. The van der Waals surface area contributed by atoms with Crippen LogP contribution in [0.1, 0.15) is 36.6 Å². The molecule has 2 aromatic rings. The summed E-state index contributed by atoms with van der Waals surface area (Å²) in [4.78, 5) is 17.5. The van der Waals surface area contributed by atoms with Crippen molar-refractivity contribution in [2.45, 2.75) is 49.0 Å². The Bertz CT molecular complexity index is 770. The van der Waals surface area contributed by atoms with E-state index in [0.29, 0.717) is 15.6 Å². The van der Waals surface area contributed by atoms with Gasteiger partial charge in [0.25, 0.3) is 5.91 Å². The first-order chi connectivity index (χ1) is 12.8. The van der Waals surface area contributed by atoms with Crippen LogP contribution in [0, 0.1) is 6.92 Å². The molecule has 1 N–H and O–H groups in total. The normalized spacial score (nSPS) is 11.5. The third-order valence-corrected chi connectivity index (χ3v) is 5.59. The molecule has 1 aromatic carbocycles. The van der Waals surface area contributed by atoms with Crippen molar-refractivity contribution in [2.24, 2.45) is 0 Å². The molecule has 0 aliphatic rings. The van der Waals surface area contributed by atoms with Crippen LogP contribution in [0.25, 0.3) is 0 Å². The molecule has 0 unspecified atom stereocenters. The minimum Gasteiger partial charge on any atom is -0.317 e. The Morgan fingerprint density at radius 3 is 2.41 bits per heavy atom. The van der Waals surface area contributed by atoms with Crippen LogP contribution in [0.3, 0.4) is 0 Å². The Hall–Kier alpha value is -1.60. The highest BCUT2D eigenvalue weighted by molar-refractivity contribution is 7.99. The Labute approximate surface area is 167 Å². The van der Waals surface area contributed by atoms with E-state index in [1.54, 1.807) is 24.5 Å². The number of pyridine rings is 1. The molecule has 0 saturated heterocycles. The number of alkyl halides is 2. The lowest BCUT2D eigenvalue weighted by Gasteiger charge is -2.19. The SMILES string of the molecule is CCCCc1ccc(C(F)(F)C(=O)Nc2c(SC)cc(C)nc2SC)cc1. The summed E-state index contributed by atoms with van der Waals surface area (Å²) in [5.74, 6) is -4.97. The molecular formula is C20H24F2N2OS2. The molecule has 3 nitrogen and oxygen atoms in total. The van der Waals surface area contributed by atoms with Crippen LogP contribution in [0.2, 0.25) is 0 Å². The first kappa shape index (κ1) is 21.7. The van der Waals surface area contributed by atoms with E-state index in [2.05, 4.69) is 17.2 Å². The van der Waals surface area contributed by atoms with Crippen molar-refractivity contribution in [3.05, 3.63) is 47.2 Å². The van der Waals surface area contributed by atoms with Crippen LogP contribution in [0.5, 0.6) is 0 Å². The number of thioether (sulfide) groups is 2. The average Bonchev–Trinajstić information content (AvgIpc) is 2.67. The maximum Gasteiger partial charge on any atom is 0.350 e. The Morgan fingerprint density at radius 2 is 1.85 bits per heavy atom. The van der Waals surface area contributed by atoms with Crippen LogP contribution in [0.4, 0.5) is 14.5 Å². The second-order valence-corrected chi connectivity index (χ2v) is 7.82. The molecule has 0 bridgehead atoms. The second-order valence-electron chi connectivity index (χ2n) is 6.18. The van der Waals surface area contributed by atoms with Crippen molar-refractivity contribution in [1.82, 2.24) is 4.98 Å². The summed E-state index contributed by atoms with van der Waals surface area (Å²) in [6, 6.07) is 7.78. The van der Waals surface area contributed by atoms with Gasteiger partial charge in [0.2, 0.25) is 0 Å².